The van der Waals surface area contributed by atoms with Crippen LogP contribution in [0, 0.1) is 17.8 Å². The summed E-state index contributed by atoms with van der Waals surface area (Å²) in [5.41, 5.74) is 31.9. The Hall–Kier alpha value is -10.2. The zero-order valence-electron chi connectivity index (χ0n) is 69.3. The van der Waals surface area contributed by atoms with Gasteiger partial charge in [-0.1, -0.05) is 169 Å². The normalized spacial score (nSPS) is 15.7. The van der Waals surface area contributed by atoms with Gasteiger partial charge < -0.3 is 97.2 Å². The maximum atomic E-state index is 15.0. The molecule has 12 amide bonds. The van der Waals surface area contributed by atoms with Crippen molar-refractivity contribution >= 4 is 76.9 Å². The third kappa shape index (κ3) is 35.3. The Labute approximate surface area is 689 Å². The summed E-state index contributed by atoms with van der Waals surface area (Å²) in [5, 5.41) is 41.1. The van der Waals surface area contributed by atoms with Gasteiger partial charge in [0.05, 0.1) is 6.04 Å². The van der Waals surface area contributed by atoms with E-state index in [1.54, 1.807) is 121 Å². The number of nitrogens with one attached hydrogen (secondary N) is 11. The zero-order valence-corrected chi connectivity index (χ0v) is 69.3. The molecule has 0 unspecified atom stereocenters. The van der Waals surface area contributed by atoms with Gasteiger partial charge in [-0.15, -0.1) is 0 Å². The average Bonchev–Trinajstić information content (AvgIpc) is 1.74. The van der Waals surface area contributed by atoms with Crippen molar-refractivity contribution in [1.82, 2.24) is 63.4 Å². The van der Waals surface area contributed by atoms with E-state index < -0.39 is 155 Å². The van der Waals surface area contributed by atoms with Gasteiger partial charge in [0.2, 0.25) is 70.9 Å². The Morgan fingerprint density at radius 3 is 0.932 bits per heavy atom. The lowest BCUT2D eigenvalue weighted by Crippen LogP contribution is -2.61. The molecular weight excluding hydrogens is 1500 g/mol. The highest BCUT2D eigenvalue weighted by Gasteiger charge is 2.41. The summed E-state index contributed by atoms with van der Waals surface area (Å²) in [5.74, 6) is -10.4. The predicted octanol–water partition coefficient (Wildman–Crippen LogP) is 2.37. The molecule has 13 atom stereocenters. The van der Waals surface area contributed by atoms with Crippen molar-refractivity contribution in [2.75, 3.05) is 32.7 Å². The molecule has 5 rings (SSSR count). The first-order valence-corrected chi connectivity index (χ1v) is 41.5. The number of unbranched alkanes of at least 4 members (excludes halogenated alkanes) is 4. The number of carboxylic acid groups (broad SMARTS) is 1. The average molecular weight is 1630 g/mol. The van der Waals surface area contributed by atoms with E-state index in [2.05, 4.69) is 58.5 Å². The van der Waals surface area contributed by atoms with Gasteiger partial charge in [0.25, 0.3) is 0 Å². The first-order valence-electron chi connectivity index (χ1n) is 41.5. The number of carboxylic acids is 1. The first-order chi connectivity index (χ1) is 55.9. The number of rotatable bonds is 54. The lowest BCUT2D eigenvalue weighted by molar-refractivity contribution is -0.142. The minimum absolute atomic E-state index is 0.0464. The van der Waals surface area contributed by atoms with Crippen molar-refractivity contribution in [3.8, 4) is 0 Å². The van der Waals surface area contributed by atoms with Crippen LogP contribution in [0.5, 0.6) is 0 Å². The molecule has 0 saturated carbocycles. The van der Waals surface area contributed by atoms with Crippen LogP contribution in [0.15, 0.2) is 121 Å². The van der Waals surface area contributed by atoms with Crippen LogP contribution in [0.4, 0.5) is 0 Å². The summed E-state index contributed by atoms with van der Waals surface area (Å²) in [6.45, 7) is 13.9. The largest absolute Gasteiger partial charge is 0.480 e. The molecular formula is C86H131N17O14. The van der Waals surface area contributed by atoms with Gasteiger partial charge >= 0.3 is 5.97 Å². The second kappa shape index (κ2) is 52.5. The zero-order chi connectivity index (χ0) is 85.9. The number of nitrogens with two attached hydrogens (primary N) is 5. The molecule has 1 aliphatic rings. The molecule has 117 heavy (non-hydrogen) atoms. The fourth-order valence-corrected chi connectivity index (χ4v) is 13.9. The minimum Gasteiger partial charge on any atom is -0.480 e. The summed E-state index contributed by atoms with van der Waals surface area (Å²) < 4.78 is 0. The van der Waals surface area contributed by atoms with E-state index in [1.807, 2.05) is 41.5 Å². The van der Waals surface area contributed by atoms with Crippen LogP contribution in [-0.4, -0.2) is 198 Å². The van der Waals surface area contributed by atoms with Crippen molar-refractivity contribution in [1.29, 1.82) is 0 Å². The second-order valence-corrected chi connectivity index (χ2v) is 31.8. The predicted molar refractivity (Wildman–Crippen MR) is 448 cm³/mol. The van der Waals surface area contributed by atoms with Gasteiger partial charge in [-0.3, -0.25) is 57.5 Å². The molecule has 22 N–H and O–H groups in total. The molecule has 4 aromatic rings. The number of hydrogen-bond acceptors (Lipinski definition) is 18. The van der Waals surface area contributed by atoms with Gasteiger partial charge in [-0.2, -0.15) is 0 Å². The highest BCUT2D eigenvalue weighted by atomic mass is 16.4. The Kier molecular flexibility index (Phi) is 43.7. The number of likely N-dealkylation sites (tertiary alicyclic amines) is 1. The Bertz CT molecular complexity index is 3770. The topological polar surface area (TPSA) is 508 Å². The van der Waals surface area contributed by atoms with Crippen molar-refractivity contribution < 1.29 is 67.4 Å². The standard InChI is InChI=1S/C86H131N17O14/c1-54(2)47-66(97-79(109)67(48-55(3)4)96-77(107)65(40-23-27-45-90)95-76(106)64(39-22-26-44-89)94-75(105)63(38-21-25-43-88)93-74(104)62(91)37-20-24-42-87)78(108)92-57(7)85(115)103-46-28-41-73(103)84(114)101-71(52-60-33-16-10-17-34-60)82(112)98-68(49-56(5)6)80(110)99-69(50-58-29-12-8-13-30-58)81(111)100-70(51-59-31-14-9-15-32-59)83(113)102-72(86(116)117)53-61-35-18-11-19-36-61/h8-19,29-36,54-57,62-73H,20-28,37-53,87-91H2,1-7H3,(H,92,108)(H,93,104)(H,94,105)(H,95,106)(H,96,107)(H,97,109)(H,98,112)(H,99,110)(H,100,111)(H,101,114)(H,102,113)(H,116,117)/t57-,62-,63-,64-,65-,66-,67-,68-,69-,70-,71-,72-,73-/m0/s1. The molecule has 1 aliphatic heterocycles. The number of nitrogens with zero attached hydrogens (tertiary/aromatic N) is 1. The number of aliphatic carboxylic acids is 1. The number of amides is 12. The maximum absolute atomic E-state index is 15.0. The van der Waals surface area contributed by atoms with E-state index >= 15 is 0 Å². The summed E-state index contributed by atoms with van der Waals surface area (Å²) in [4.78, 5) is 188. The third-order valence-corrected chi connectivity index (χ3v) is 20.3. The highest BCUT2D eigenvalue weighted by Crippen LogP contribution is 2.22. The smallest absolute Gasteiger partial charge is 0.326 e. The third-order valence-electron chi connectivity index (χ3n) is 20.3. The fraction of sp³-hybridized carbons (Fsp3) is 0.570. The molecule has 0 aromatic heterocycles. The van der Waals surface area contributed by atoms with Crippen molar-refractivity contribution in [2.45, 2.75) is 262 Å². The molecule has 1 fully saturated rings. The molecule has 4 aromatic carbocycles. The van der Waals surface area contributed by atoms with Crippen molar-refractivity contribution in [3.05, 3.63) is 144 Å². The van der Waals surface area contributed by atoms with Crippen LogP contribution in [0.1, 0.15) is 180 Å². The molecule has 31 heteroatoms. The van der Waals surface area contributed by atoms with E-state index in [0.29, 0.717) is 106 Å². The SMILES string of the molecule is CC(C)C[C@H](NC(=O)[C@H](CC(C)C)NC(=O)[C@H](CCCCN)NC(=O)[C@H](CCCCN)NC(=O)[C@H](CCCCN)NC(=O)[C@@H](N)CCCCN)C(=O)N[C@@H](C)C(=O)N1CCC[C@H]1C(=O)N[C@@H](Cc1ccccc1)C(=O)N[C@@H](CC(C)C)C(=O)N[C@@H](Cc1ccccc1)C(=O)N[C@@H](Cc1ccccc1)C(=O)N[C@@H](Cc1ccccc1)C(=O)O. The lowest BCUT2D eigenvalue weighted by Gasteiger charge is -2.31. The van der Waals surface area contributed by atoms with E-state index in [4.69, 9.17) is 28.7 Å². The Balaban J connectivity index is 1.33. The van der Waals surface area contributed by atoms with Gasteiger partial charge in [-0.25, -0.2) is 4.79 Å². The van der Waals surface area contributed by atoms with Crippen LogP contribution in [-0.2, 0) is 88.0 Å². The maximum Gasteiger partial charge on any atom is 0.326 e. The monoisotopic (exact) mass is 1630 g/mol. The quantitative estimate of drug-likeness (QED) is 0.0282. The summed E-state index contributed by atoms with van der Waals surface area (Å²) in [7, 11) is 0. The molecule has 0 spiro atoms. The Morgan fingerprint density at radius 1 is 0.342 bits per heavy atom. The minimum atomic E-state index is -1.37. The fourth-order valence-electron chi connectivity index (χ4n) is 13.9. The number of carbonyl (C=O) groups excluding carboxylic acids is 12. The first kappa shape index (κ1) is 97.4. The number of carbonyl (C=O) groups is 13. The number of benzene rings is 4. The van der Waals surface area contributed by atoms with Gasteiger partial charge in [-0.05, 0) is 176 Å². The van der Waals surface area contributed by atoms with Crippen LogP contribution >= 0.6 is 0 Å². The molecule has 0 aliphatic carbocycles. The Morgan fingerprint density at radius 2 is 0.607 bits per heavy atom. The number of hydrogen-bond donors (Lipinski definition) is 17. The summed E-state index contributed by atoms with van der Waals surface area (Å²) >= 11 is 0. The van der Waals surface area contributed by atoms with E-state index in [1.165, 1.54) is 11.8 Å². The highest BCUT2D eigenvalue weighted by molar-refractivity contribution is 6.00. The molecule has 0 radical (unpaired) electrons. The van der Waals surface area contributed by atoms with Crippen LogP contribution < -0.4 is 87.2 Å². The van der Waals surface area contributed by atoms with Gasteiger partial charge in [0.1, 0.15) is 72.5 Å². The van der Waals surface area contributed by atoms with Crippen LogP contribution in [0.25, 0.3) is 0 Å². The second-order valence-electron chi connectivity index (χ2n) is 31.8. The van der Waals surface area contributed by atoms with E-state index in [-0.39, 0.29) is 101 Å². The van der Waals surface area contributed by atoms with Crippen molar-refractivity contribution in [2.24, 2.45) is 46.4 Å². The molecule has 644 valence electrons. The van der Waals surface area contributed by atoms with E-state index in [9.17, 15) is 67.4 Å². The van der Waals surface area contributed by atoms with Crippen molar-refractivity contribution in [3.63, 3.8) is 0 Å². The summed E-state index contributed by atoms with van der Waals surface area (Å²) in [6.07, 6.45) is 5.38. The van der Waals surface area contributed by atoms with E-state index in [0.717, 1.165) is 0 Å². The molecule has 1 saturated heterocycles. The van der Waals surface area contributed by atoms with Gasteiger partial charge in [0.15, 0.2) is 0 Å². The summed E-state index contributed by atoms with van der Waals surface area (Å²) in [6, 6.07) is 19.2. The molecule has 31 nitrogen and oxygen atoms in total. The lowest BCUT2D eigenvalue weighted by atomic mass is 9.99. The van der Waals surface area contributed by atoms with Crippen LogP contribution in [0.3, 0.4) is 0 Å². The molecule has 0 bridgehead atoms. The van der Waals surface area contributed by atoms with Crippen LogP contribution in [0.2, 0.25) is 0 Å². The van der Waals surface area contributed by atoms with Gasteiger partial charge in [0, 0.05) is 32.2 Å². The molecule has 1 heterocycles.